The normalized spacial score (nSPS) is 9.42. The largest absolute Gasteiger partial charge is 0.545 e. The van der Waals surface area contributed by atoms with Gasteiger partial charge < -0.3 is 24.1 Å². The Morgan fingerprint density at radius 1 is 1.00 bits per heavy atom. The zero-order valence-corrected chi connectivity index (χ0v) is 14.0. The van der Waals surface area contributed by atoms with Gasteiger partial charge in [0.2, 0.25) is 5.75 Å². The van der Waals surface area contributed by atoms with E-state index in [0.29, 0.717) is 36.3 Å². The van der Waals surface area contributed by atoms with E-state index in [-0.39, 0.29) is 13.0 Å². The van der Waals surface area contributed by atoms with E-state index in [2.05, 4.69) is 27.7 Å². The highest BCUT2D eigenvalue weighted by Crippen LogP contribution is 2.39. The van der Waals surface area contributed by atoms with E-state index in [1.807, 2.05) is 0 Å². The van der Waals surface area contributed by atoms with E-state index in [4.69, 9.17) is 14.2 Å². The summed E-state index contributed by atoms with van der Waals surface area (Å²) in [6.07, 6.45) is 0.958. The zero-order valence-electron chi connectivity index (χ0n) is 10.5. The summed E-state index contributed by atoms with van der Waals surface area (Å²) >= 11 is 0. The van der Waals surface area contributed by atoms with Crippen LogP contribution in [0.15, 0.2) is 12.1 Å². The number of carboxylic acids is 1. The average molecular weight is 322 g/mol. The minimum Gasteiger partial charge on any atom is -0.545 e. The molecule has 106 valence electrons. The Balaban J connectivity index is 0.00000324. The van der Waals surface area contributed by atoms with Crippen LogP contribution >= 0.6 is 27.7 Å². The number of hydrogen-bond acceptors (Lipinski definition) is 5. The van der Waals surface area contributed by atoms with Crippen molar-refractivity contribution >= 4 is 33.7 Å². The first kappa shape index (κ1) is 18.2. The van der Waals surface area contributed by atoms with Crippen molar-refractivity contribution in [2.75, 3.05) is 19.0 Å². The first-order valence-corrected chi connectivity index (χ1v) is 7.47. The molecule has 0 aromatic heterocycles. The quantitative estimate of drug-likeness (QED) is 0.556. The molecule has 0 radical (unpaired) electrons. The molecule has 5 nitrogen and oxygen atoms in total. The molecule has 0 N–H and O–H groups in total. The van der Waals surface area contributed by atoms with Gasteiger partial charge >= 0.3 is 0 Å². The Labute approximate surface area is 120 Å². The molecular formula is C11H17O5P3. The van der Waals surface area contributed by atoms with Gasteiger partial charge in [0.15, 0.2) is 11.5 Å². The summed E-state index contributed by atoms with van der Waals surface area (Å²) in [4.78, 5) is 10.9. The smallest absolute Gasteiger partial charge is 0.203 e. The van der Waals surface area contributed by atoms with Crippen molar-refractivity contribution in [2.45, 2.75) is 0 Å². The van der Waals surface area contributed by atoms with Gasteiger partial charge in [0.1, 0.15) is 19.0 Å². The summed E-state index contributed by atoms with van der Waals surface area (Å²) in [5, 5.41) is 10.9. The van der Waals surface area contributed by atoms with Gasteiger partial charge in [-0.25, -0.2) is 0 Å². The standard InChI is InChI=1S/C10H15O5P3.CH3/c11-10(12)6-1-7(13-3-16)9(15-5-18)8(2-6)14-4-17;/h1-2H,3-5,16-18H2,(H,11,12);1H3/q;+1/p-1. The van der Waals surface area contributed by atoms with Crippen molar-refractivity contribution in [1.82, 2.24) is 0 Å². The van der Waals surface area contributed by atoms with E-state index in [0.717, 1.165) is 0 Å². The molecule has 1 aromatic carbocycles. The maximum absolute atomic E-state index is 10.9. The Morgan fingerprint density at radius 3 is 1.74 bits per heavy atom. The summed E-state index contributed by atoms with van der Waals surface area (Å²) in [7, 11) is 7.16. The van der Waals surface area contributed by atoms with E-state index in [1.165, 1.54) is 12.1 Å². The van der Waals surface area contributed by atoms with Gasteiger partial charge in [0.05, 0.1) is 5.97 Å². The Kier molecular flexibility index (Phi) is 8.84. The van der Waals surface area contributed by atoms with E-state index in [9.17, 15) is 9.90 Å². The van der Waals surface area contributed by atoms with Crippen molar-refractivity contribution in [3.05, 3.63) is 25.1 Å². The number of benzene rings is 1. The van der Waals surface area contributed by atoms with E-state index >= 15 is 0 Å². The van der Waals surface area contributed by atoms with Gasteiger partial charge in [0, 0.05) is 13.0 Å². The van der Waals surface area contributed by atoms with Gasteiger partial charge in [-0.3, -0.25) is 0 Å². The van der Waals surface area contributed by atoms with Crippen LogP contribution in [0.4, 0.5) is 0 Å². The molecule has 0 aliphatic rings. The van der Waals surface area contributed by atoms with Crippen LogP contribution in [0.25, 0.3) is 0 Å². The molecule has 8 heteroatoms. The number of carboxylic acid groups (broad SMARTS) is 1. The lowest BCUT2D eigenvalue weighted by atomic mass is 10.2. The molecule has 0 aliphatic heterocycles. The van der Waals surface area contributed by atoms with Crippen LogP contribution in [-0.4, -0.2) is 25.0 Å². The van der Waals surface area contributed by atoms with Crippen molar-refractivity contribution in [3.63, 3.8) is 0 Å². The second kappa shape index (κ2) is 9.20. The number of carbonyl (C=O) groups is 1. The maximum Gasteiger partial charge on any atom is 0.203 e. The molecule has 0 saturated heterocycles. The fourth-order valence-electron chi connectivity index (χ4n) is 1.31. The zero-order chi connectivity index (χ0) is 13.5. The number of rotatable bonds is 7. The van der Waals surface area contributed by atoms with Crippen LogP contribution in [0.3, 0.4) is 0 Å². The molecule has 0 heterocycles. The lowest BCUT2D eigenvalue weighted by molar-refractivity contribution is -0.255. The topological polar surface area (TPSA) is 67.8 Å². The minimum atomic E-state index is -1.30. The summed E-state index contributed by atoms with van der Waals surface area (Å²) < 4.78 is 16.0. The maximum atomic E-state index is 10.9. The van der Waals surface area contributed by atoms with Gasteiger partial charge in [-0.2, -0.15) is 0 Å². The molecule has 1 rings (SSSR count). The van der Waals surface area contributed by atoms with Gasteiger partial charge in [-0.1, -0.05) is 27.7 Å². The molecule has 0 aliphatic carbocycles. The molecule has 19 heavy (non-hydrogen) atoms. The summed E-state index contributed by atoms with van der Waals surface area (Å²) in [5.74, 6) is -0.306. The first-order chi connectivity index (χ1) is 8.63. The third kappa shape index (κ3) is 5.03. The molecule has 0 bridgehead atoms. The van der Waals surface area contributed by atoms with Crippen LogP contribution in [0.2, 0.25) is 0 Å². The lowest BCUT2D eigenvalue weighted by Crippen LogP contribution is -2.22. The number of carbonyl (C=O) groups excluding carboxylic acids is 1. The molecule has 1 aromatic rings. The van der Waals surface area contributed by atoms with E-state index < -0.39 is 5.97 Å². The van der Waals surface area contributed by atoms with Crippen LogP contribution < -0.4 is 19.3 Å². The average Bonchev–Trinajstić information content (AvgIpc) is 2.33. The highest BCUT2D eigenvalue weighted by atomic mass is 31.0. The van der Waals surface area contributed by atoms with Crippen molar-refractivity contribution < 1.29 is 24.1 Å². The molecular weight excluding hydrogens is 305 g/mol. The Bertz CT molecular complexity index is 398. The third-order valence-electron chi connectivity index (χ3n) is 1.96. The molecule has 0 fully saturated rings. The van der Waals surface area contributed by atoms with Crippen LogP contribution in [0, 0.1) is 7.43 Å². The first-order valence-electron chi connectivity index (χ1n) is 5.02. The van der Waals surface area contributed by atoms with Gasteiger partial charge in [-0.15, -0.1) is 0 Å². The van der Waals surface area contributed by atoms with Crippen molar-refractivity contribution in [2.24, 2.45) is 0 Å². The third-order valence-corrected chi connectivity index (χ3v) is 2.46. The van der Waals surface area contributed by atoms with Gasteiger partial charge in [-0.05, 0) is 12.1 Å². The molecule has 0 saturated carbocycles. The Morgan fingerprint density at radius 2 is 1.42 bits per heavy atom. The summed E-state index contributed by atoms with van der Waals surface area (Å²) in [6, 6.07) is 2.70. The number of hydrogen-bond donors (Lipinski definition) is 0. The molecule has 0 spiro atoms. The molecule has 3 atom stereocenters. The minimum absolute atomic E-state index is 0. The van der Waals surface area contributed by atoms with Crippen LogP contribution in [0.5, 0.6) is 17.2 Å². The predicted octanol–water partition coefficient (Wildman–Crippen LogP) is 1.13. The molecule has 3 unspecified atom stereocenters. The highest BCUT2D eigenvalue weighted by Gasteiger charge is 2.15. The second-order valence-corrected chi connectivity index (χ2v) is 4.02. The van der Waals surface area contributed by atoms with E-state index in [1.54, 1.807) is 0 Å². The van der Waals surface area contributed by atoms with Crippen molar-refractivity contribution in [1.29, 1.82) is 0 Å². The fraction of sp³-hybridized carbons (Fsp3) is 0.273. The fourth-order valence-corrected chi connectivity index (χ4v) is 1.84. The van der Waals surface area contributed by atoms with Crippen LogP contribution in [-0.2, 0) is 0 Å². The monoisotopic (exact) mass is 322 g/mol. The lowest BCUT2D eigenvalue weighted by Gasteiger charge is -2.17. The van der Waals surface area contributed by atoms with Crippen LogP contribution in [0.1, 0.15) is 10.4 Å². The SMILES string of the molecule is O=C([O-])c1cc(OCP)c(OCP)c(OCP)c1.[CH3+]. The predicted molar refractivity (Wildman–Crippen MR) is 82.8 cm³/mol. The summed E-state index contributed by atoms with van der Waals surface area (Å²) in [6.45, 7) is 0. The number of ether oxygens (including phenoxy) is 3. The number of aromatic carboxylic acids is 1. The molecule has 0 amide bonds. The highest BCUT2D eigenvalue weighted by molar-refractivity contribution is 7.16. The van der Waals surface area contributed by atoms with Crippen molar-refractivity contribution in [3.8, 4) is 17.2 Å². The van der Waals surface area contributed by atoms with Gasteiger partial charge in [0.25, 0.3) is 0 Å². The summed E-state index contributed by atoms with van der Waals surface area (Å²) in [5.41, 5.74) is -0.0204. The Hall–Kier alpha value is -0.750. The second-order valence-electron chi connectivity index (χ2n) is 3.02.